The quantitative estimate of drug-likeness (QED) is 0.686. The minimum atomic E-state index is -0.449. The summed E-state index contributed by atoms with van der Waals surface area (Å²) in [7, 11) is 1.52. The smallest absolute Gasteiger partial charge is 0.338 e. The van der Waals surface area contributed by atoms with E-state index in [2.05, 4.69) is 20.9 Å². The van der Waals surface area contributed by atoms with Gasteiger partial charge in [0.05, 0.1) is 18.2 Å². The fourth-order valence-electron chi connectivity index (χ4n) is 1.62. The van der Waals surface area contributed by atoms with Gasteiger partial charge in [0.1, 0.15) is 6.61 Å². The van der Waals surface area contributed by atoms with E-state index >= 15 is 0 Å². The summed E-state index contributed by atoms with van der Waals surface area (Å²) in [6.07, 6.45) is 1.61. The Hall–Kier alpha value is -2.08. The van der Waals surface area contributed by atoms with Crippen LogP contribution in [0.15, 0.2) is 41.0 Å². The number of aromatic nitrogens is 1. The van der Waals surface area contributed by atoms with Crippen LogP contribution < -0.4 is 10.5 Å². The lowest BCUT2D eigenvalue weighted by molar-refractivity contribution is 0.0469. The summed E-state index contributed by atoms with van der Waals surface area (Å²) in [5.74, 6) is -0.00859. The van der Waals surface area contributed by atoms with Crippen molar-refractivity contribution in [3.8, 4) is 5.88 Å². The molecule has 20 heavy (non-hydrogen) atoms. The van der Waals surface area contributed by atoms with Gasteiger partial charge in [-0.3, -0.25) is 0 Å². The second-order valence-electron chi connectivity index (χ2n) is 3.98. The van der Waals surface area contributed by atoms with Gasteiger partial charge in [0.25, 0.3) is 0 Å². The van der Waals surface area contributed by atoms with E-state index < -0.39 is 5.97 Å². The third-order valence-electron chi connectivity index (χ3n) is 2.63. The first-order valence-electron chi connectivity index (χ1n) is 5.82. The van der Waals surface area contributed by atoms with Gasteiger partial charge in [-0.1, -0.05) is 0 Å². The van der Waals surface area contributed by atoms with Gasteiger partial charge in [-0.15, -0.1) is 0 Å². The normalized spacial score (nSPS) is 10.1. The Bertz CT molecular complexity index is 632. The molecule has 0 saturated carbocycles. The first-order valence-corrected chi connectivity index (χ1v) is 6.61. The van der Waals surface area contributed by atoms with Crippen LogP contribution in [0.25, 0.3) is 0 Å². The summed E-state index contributed by atoms with van der Waals surface area (Å²) in [6.45, 7) is 0.0891. The number of hydrogen-bond acceptors (Lipinski definition) is 5. The number of pyridine rings is 1. The maximum atomic E-state index is 11.9. The van der Waals surface area contributed by atoms with Crippen LogP contribution in [0.4, 0.5) is 5.69 Å². The van der Waals surface area contributed by atoms with Gasteiger partial charge in [-0.2, -0.15) is 0 Å². The number of nitrogens with two attached hydrogens (primary N) is 1. The van der Waals surface area contributed by atoms with E-state index in [1.165, 1.54) is 7.11 Å². The fraction of sp³-hybridized carbons (Fsp3) is 0.143. The summed E-state index contributed by atoms with van der Waals surface area (Å²) in [5, 5.41) is 0. The molecule has 0 amide bonds. The molecule has 0 aliphatic heterocycles. The van der Waals surface area contributed by atoms with Crippen LogP contribution in [-0.2, 0) is 11.3 Å². The van der Waals surface area contributed by atoms with Crippen LogP contribution in [0.2, 0.25) is 0 Å². The fourth-order valence-corrected chi connectivity index (χ4v) is 1.86. The molecule has 5 nitrogen and oxygen atoms in total. The number of esters is 1. The minimum absolute atomic E-state index is 0.0891. The topological polar surface area (TPSA) is 74.4 Å². The van der Waals surface area contributed by atoms with Gasteiger partial charge < -0.3 is 15.2 Å². The Labute approximate surface area is 124 Å². The average Bonchev–Trinajstić information content (AvgIpc) is 2.47. The maximum absolute atomic E-state index is 11.9. The van der Waals surface area contributed by atoms with Crippen molar-refractivity contribution >= 4 is 27.6 Å². The number of benzene rings is 1. The highest BCUT2D eigenvalue weighted by Gasteiger charge is 2.11. The van der Waals surface area contributed by atoms with E-state index in [0.29, 0.717) is 22.7 Å². The molecule has 0 saturated heterocycles. The SMILES string of the molecule is COc1ncccc1COC(=O)c1ccc(Br)c(N)c1. The van der Waals surface area contributed by atoms with Crippen molar-refractivity contribution in [1.29, 1.82) is 0 Å². The number of anilines is 1. The standard InChI is InChI=1S/C14H13BrN2O3/c1-19-13-10(3-2-6-17-13)8-20-14(18)9-4-5-11(15)12(16)7-9/h2-7H,8,16H2,1H3. The molecular formula is C14H13BrN2O3. The molecule has 0 fully saturated rings. The van der Waals surface area contributed by atoms with Crippen molar-refractivity contribution in [1.82, 2.24) is 4.98 Å². The van der Waals surface area contributed by atoms with Crippen LogP contribution in [0.1, 0.15) is 15.9 Å². The molecular weight excluding hydrogens is 324 g/mol. The molecule has 6 heteroatoms. The first kappa shape index (κ1) is 14.3. The van der Waals surface area contributed by atoms with Crippen molar-refractivity contribution in [2.45, 2.75) is 6.61 Å². The minimum Gasteiger partial charge on any atom is -0.481 e. The van der Waals surface area contributed by atoms with Crippen LogP contribution in [-0.4, -0.2) is 18.1 Å². The van der Waals surface area contributed by atoms with E-state index in [1.54, 1.807) is 36.5 Å². The van der Waals surface area contributed by atoms with E-state index in [1.807, 2.05) is 0 Å². The molecule has 0 aliphatic carbocycles. The Morgan fingerprint density at radius 3 is 2.90 bits per heavy atom. The van der Waals surface area contributed by atoms with Gasteiger partial charge in [-0.05, 0) is 46.3 Å². The largest absolute Gasteiger partial charge is 0.481 e. The van der Waals surface area contributed by atoms with Crippen LogP contribution in [0, 0.1) is 0 Å². The lowest BCUT2D eigenvalue weighted by atomic mass is 10.2. The maximum Gasteiger partial charge on any atom is 0.338 e. The number of carbonyl (C=O) groups is 1. The Morgan fingerprint density at radius 2 is 2.20 bits per heavy atom. The molecule has 1 aromatic carbocycles. The van der Waals surface area contributed by atoms with Gasteiger partial charge >= 0.3 is 5.97 Å². The van der Waals surface area contributed by atoms with Gasteiger partial charge in [0, 0.05) is 16.4 Å². The number of carbonyl (C=O) groups excluding carboxylic acids is 1. The van der Waals surface area contributed by atoms with Gasteiger partial charge in [0.15, 0.2) is 0 Å². The van der Waals surface area contributed by atoms with Crippen molar-refractivity contribution in [2.24, 2.45) is 0 Å². The predicted octanol–water partition coefficient (Wildman–Crippen LogP) is 2.79. The number of halogens is 1. The molecule has 0 unspecified atom stereocenters. The van der Waals surface area contributed by atoms with Crippen LogP contribution >= 0.6 is 15.9 Å². The number of hydrogen-bond donors (Lipinski definition) is 1. The molecule has 0 spiro atoms. The summed E-state index contributed by atoms with van der Waals surface area (Å²) in [5.41, 5.74) is 7.31. The third kappa shape index (κ3) is 3.27. The van der Waals surface area contributed by atoms with E-state index in [9.17, 15) is 4.79 Å². The van der Waals surface area contributed by atoms with Crippen molar-refractivity contribution < 1.29 is 14.3 Å². The van der Waals surface area contributed by atoms with E-state index in [0.717, 1.165) is 4.47 Å². The zero-order chi connectivity index (χ0) is 14.5. The molecule has 2 aromatic rings. The third-order valence-corrected chi connectivity index (χ3v) is 3.36. The van der Waals surface area contributed by atoms with Gasteiger partial charge in [-0.25, -0.2) is 9.78 Å². The highest BCUT2D eigenvalue weighted by Crippen LogP contribution is 2.21. The molecule has 2 rings (SSSR count). The highest BCUT2D eigenvalue weighted by molar-refractivity contribution is 9.10. The molecule has 0 aliphatic rings. The number of nitrogen functional groups attached to an aromatic ring is 1. The molecule has 0 atom stereocenters. The highest BCUT2D eigenvalue weighted by atomic mass is 79.9. The predicted molar refractivity (Wildman–Crippen MR) is 78.5 cm³/mol. The number of nitrogens with zero attached hydrogens (tertiary/aromatic N) is 1. The second-order valence-corrected chi connectivity index (χ2v) is 4.84. The molecule has 2 N–H and O–H groups in total. The average molecular weight is 337 g/mol. The van der Waals surface area contributed by atoms with Crippen LogP contribution in [0.3, 0.4) is 0 Å². The number of methoxy groups -OCH3 is 1. The lowest BCUT2D eigenvalue weighted by Gasteiger charge is -2.08. The van der Waals surface area contributed by atoms with E-state index in [-0.39, 0.29) is 6.61 Å². The Kier molecular flexibility index (Phi) is 4.57. The summed E-state index contributed by atoms with van der Waals surface area (Å²) >= 11 is 3.27. The second kappa shape index (κ2) is 6.38. The molecule has 104 valence electrons. The number of rotatable bonds is 4. The summed E-state index contributed by atoms with van der Waals surface area (Å²) < 4.78 is 11.1. The van der Waals surface area contributed by atoms with Crippen molar-refractivity contribution in [3.63, 3.8) is 0 Å². The molecule has 0 bridgehead atoms. The Balaban J connectivity index is 2.06. The van der Waals surface area contributed by atoms with Crippen LogP contribution in [0.5, 0.6) is 5.88 Å². The van der Waals surface area contributed by atoms with Crippen molar-refractivity contribution in [3.05, 3.63) is 52.1 Å². The summed E-state index contributed by atoms with van der Waals surface area (Å²) in [6, 6.07) is 8.45. The number of ether oxygens (including phenoxy) is 2. The Morgan fingerprint density at radius 1 is 1.40 bits per heavy atom. The monoisotopic (exact) mass is 336 g/mol. The molecule has 1 heterocycles. The zero-order valence-electron chi connectivity index (χ0n) is 10.8. The first-order chi connectivity index (χ1) is 9.61. The van der Waals surface area contributed by atoms with E-state index in [4.69, 9.17) is 15.2 Å². The summed E-state index contributed by atoms with van der Waals surface area (Å²) in [4.78, 5) is 16.0. The van der Waals surface area contributed by atoms with Gasteiger partial charge in [0.2, 0.25) is 5.88 Å². The van der Waals surface area contributed by atoms with Crippen molar-refractivity contribution in [2.75, 3.05) is 12.8 Å². The molecule has 1 aromatic heterocycles. The lowest BCUT2D eigenvalue weighted by Crippen LogP contribution is -2.07. The molecule has 0 radical (unpaired) electrons. The zero-order valence-corrected chi connectivity index (χ0v) is 12.4.